The van der Waals surface area contributed by atoms with Crippen LogP contribution in [0.15, 0.2) is 12.1 Å². The molecule has 2 rings (SSSR count). The molecule has 7 heteroatoms. The van der Waals surface area contributed by atoms with Gasteiger partial charge in [0.25, 0.3) is 0 Å². The lowest BCUT2D eigenvalue weighted by Gasteiger charge is -2.23. The van der Waals surface area contributed by atoms with Gasteiger partial charge in [-0.3, -0.25) is 4.79 Å². The Hall–Kier alpha value is -1.76. The predicted molar refractivity (Wildman–Crippen MR) is 55.8 cm³/mol. The second-order valence-corrected chi connectivity index (χ2v) is 3.64. The molecule has 1 aliphatic rings. The van der Waals surface area contributed by atoms with Crippen LogP contribution < -0.4 is 15.2 Å². The first-order chi connectivity index (χ1) is 8.45. The molecule has 1 aromatic rings. The standard InChI is InChI=1S/C11H10F3NO3/c12-11(13,14)6-1-2-8-10(18-4-3-17-8)9(6)7(16)5-15/h1-2H,3-5,15H2. The smallest absolute Gasteiger partial charge is 0.417 e. The maximum absolute atomic E-state index is 12.8. The fourth-order valence-corrected chi connectivity index (χ4v) is 1.73. The van der Waals surface area contributed by atoms with E-state index in [2.05, 4.69) is 0 Å². The van der Waals surface area contributed by atoms with Gasteiger partial charge >= 0.3 is 6.18 Å². The van der Waals surface area contributed by atoms with E-state index in [4.69, 9.17) is 15.2 Å². The van der Waals surface area contributed by atoms with E-state index in [9.17, 15) is 18.0 Å². The normalized spacial score (nSPS) is 14.4. The van der Waals surface area contributed by atoms with Crippen LogP contribution in [0.3, 0.4) is 0 Å². The van der Waals surface area contributed by atoms with Crippen LogP contribution >= 0.6 is 0 Å². The molecule has 0 atom stereocenters. The fraction of sp³-hybridized carbons (Fsp3) is 0.364. The van der Waals surface area contributed by atoms with Crippen molar-refractivity contribution in [2.75, 3.05) is 19.8 Å². The highest BCUT2D eigenvalue weighted by Gasteiger charge is 2.38. The monoisotopic (exact) mass is 261 g/mol. The highest BCUT2D eigenvalue weighted by Crippen LogP contribution is 2.42. The lowest BCUT2D eigenvalue weighted by atomic mass is 10.0. The summed E-state index contributed by atoms with van der Waals surface area (Å²) in [6, 6.07) is 1.95. The summed E-state index contributed by atoms with van der Waals surface area (Å²) in [4.78, 5) is 11.6. The summed E-state index contributed by atoms with van der Waals surface area (Å²) in [7, 11) is 0. The molecule has 0 bridgehead atoms. The maximum atomic E-state index is 12.8. The Bertz CT molecular complexity index is 485. The van der Waals surface area contributed by atoms with Crippen LogP contribution in [0.25, 0.3) is 0 Å². The minimum Gasteiger partial charge on any atom is -0.486 e. The zero-order chi connectivity index (χ0) is 13.3. The van der Waals surface area contributed by atoms with E-state index in [-0.39, 0.29) is 24.7 Å². The Kier molecular flexibility index (Phi) is 3.16. The van der Waals surface area contributed by atoms with Crippen molar-refractivity contribution in [3.63, 3.8) is 0 Å². The molecule has 0 amide bonds. The molecular weight excluding hydrogens is 251 g/mol. The number of ether oxygens (including phenoxy) is 2. The number of hydrogen-bond acceptors (Lipinski definition) is 4. The number of fused-ring (bicyclic) bond motifs is 1. The number of carbonyl (C=O) groups is 1. The number of carbonyl (C=O) groups excluding carboxylic acids is 1. The van der Waals surface area contributed by atoms with Gasteiger partial charge in [0.2, 0.25) is 0 Å². The number of nitrogens with two attached hydrogens (primary N) is 1. The third kappa shape index (κ3) is 2.13. The van der Waals surface area contributed by atoms with Crippen LogP contribution in [0.4, 0.5) is 13.2 Å². The molecule has 0 unspecified atom stereocenters. The molecule has 0 radical (unpaired) electrons. The summed E-state index contributed by atoms with van der Waals surface area (Å²) in [5.41, 5.74) is 3.53. The van der Waals surface area contributed by atoms with Crippen molar-refractivity contribution in [2.24, 2.45) is 5.73 Å². The Morgan fingerprint density at radius 2 is 1.94 bits per heavy atom. The number of benzene rings is 1. The van der Waals surface area contributed by atoms with Crippen LogP contribution in [0.1, 0.15) is 15.9 Å². The molecule has 0 fully saturated rings. The Balaban J connectivity index is 2.65. The number of hydrogen-bond donors (Lipinski definition) is 1. The Morgan fingerprint density at radius 3 is 2.56 bits per heavy atom. The van der Waals surface area contributed by atoms with Gasteiger partial charge < -0.3 is 15.2 Å². The number of alkyl halides is 3. The quantitative estimate of drug-likeness (QED) is 0.822. The zero-order valence-electron chi connectivity index (χ0n) is 9.21. The topological polar surface area (TPSA) is 61.6 Å². The summed E-state index contributed by atoms with van der Waals surface area (Å²) in [6.45, 7) is -0.198. The van der Waals surface area contributed by atoms with E-state index >= 15 is 0 Å². The van der Waals surface area contributed by atoms with Gasteiger partial charge in [0.05, 0.1) is 17.7 Å². The second kappa shape index (κ2) is 4.49. The lowest BCUT2D eigenvalue weighted by molar-refractivity contribution is -0.138. The van der Waals surface area contributed by atoms with Gasteiger partial charge in [0, 0.05) is 0 Å². The SMILES string of the molecule is NCC(=O)c1c(C(F)(F)F)ccc2c1OCCO2. The molecule has 0 saturated heterocycles. The lowest BCUT2D eigenvalue weighted by Crippen LogP contribution is -2.24. The number of halogens is 3. The number of Topliss-reactive ketones (excluding diaryl/α,β-unsaturated/α-hetero) is 1. The minimum absolute atomic E-state index is 0.0964. The van der Waals surface area contributed by atoms with Crippen LogP contribution in [0.5, 0.6) is 11.5 Å². The third-order valence-electron chi connectivity index (χ3n) is 2.48. The average Bonchev–Trinajstić information content (AvgIpc) is 2.35. The zero-order valence-corrected chi connectivity index (χ0v) is 9.21. The highest BCUT2D eigenvalue weighted by molar-refractivity contribution is 6.02. The van der Waals surface area contributed by atoms with E-state index in [0.717, 1.165) is 12.1 Å². The molecule has 2 N–H and O–H groups in total. The Labute approximate surface area is 100 Å². The number of ketones is 1. The van der Waals surface area contributed by atoms with Gasteiger partial charge in [-0.2, -0.15) is 13.2 Å². The van der Waals surface area contributed by atoms with Gasteiger partial charge in [0.1, 0.15) is 13.2 Å². The van der Waals surface area contributed by atoms with E-state index in [1.165, 1.54) is 0 Å². The molecule has 98 valence electrons. The van der Waals surface area contributed by atoms with Crippen molar-refractivity contribution in [3.05, 3.63) is 23.3 Å². The van der Waals surface area contributed by atoms with E-state index in [0.29, 0.717) is 0 Å². The van der Waals surface area contributed by atoms with Crippen molar-refractivity contribution >= 4 is 5.78 Å². The van der Waals surface area contributed by atoms with Crippen molar-refractivity contribution < 1.29 is 27.4 Å². The van der Waals surface area contributed by atoms with Gasteiger partial charge in [-0.25, -0.2) is 0 Å². The average molecular weight is 261 g/mol. The molecule has 4 nitrogen and oxygen atoms in total. The molecular formula is C11H10F3NO3. The van der Waals surface area contributed by atoms with E-state index < -0.39 is 29.6 Å². The van der Waals surface area contributed by atoms with Crippen molar-refractivity contribution in [3.8, 4) is 11.5 Å². The predicted octanol–water partition coefficient (Wildman–Crippen LogP) is 1.62. The first kappa shape index (κ1) is 12.7. The van der Waals surface area contributed by atoms with E-state index in [1.54, 1.807) is 0 Å². The molecule has 0 spiro atoms. The summed E-state index contributed by atoms with van der Waals surface area (Å²) in [6.07, 6.45) is -4.64. The second-order valence-electron chi connectivity index (χ2n) is 3.64. The van der Waals surface area contributed by atoms with Crippen LogP contribution in [0, 0.1) is 0 Å². The first-order valence-corrected chi connectivity index (χ1v) is 5.18. The van der Waals surface area contributed by atoms with Crippen molar-refractivity contribution in [1.82, 2.24) is 0 Å². The maximum Gasteiger partial charge on any atom is 0.417 e. The fourth-order valence-electron chi connectivity index (χ4n) is 1.73. The molecule has 1 aromatic carbocycles. The molecule has 0 aromatic heterocycles. The molecule has 0 aliphatic carbocycles. The van der Waals surface area contributed by atoms with Gasteiger partial charge in [-0.05, 0) is 12.1 Å². The van der Waals surface area contributed by atoms with E-state index in [1.807, 2.05) is 0 Å². The summed E-state index contributed by atoms with van der Waals surface area (Å²) in [5.74, 6) is -0.873. The van der Waals surface area contributed by atoms with Crippen molar-refractivity contribution in [1.29, 1.82) is 0 Å². The van der Waals surface area contributed by atoms with Gasteiger partial charge in [-0.1, -0.05) is 0 Å². The third-order valence-corrected chi connectivity index (χ3v) is 2.48. The molecule has 18 heavy (non-hydrogen) atoms. The van der Waals surface area contributed by atoms with Crippen LogP contribution in [-0.4, -0.2) is 25.5 Å². The Morgan fingerprint density at radius 1 is 1.28 bits per heavy atom. The van der Waals surface area contributed by atoms with Crippen LogP contribution in [-0.2, 0) is 6.18 Å². The van der Waals surface area contributed by atoms with Gasteiger partial charge in [0.15, 0.2) is 17.3 Å². The molecule has 0 saturated carbocycles. The summed E-state index contributed by atoms with van der Waals surface area (Å²) in [5, 5.41) is 0. The van der Waals surface area contributed by atoms with Crippen LogP contribution in [0.2, 0.25) is 0 Å². The molecule has 1 heterocycles. The summed E-state index contributed by atoms with van der Waals surface area (Å²) < 4.78 is 48.7. The number of rotatable bonds is 2. The first-order valence-electron chi connectivity index (χ1n) is 5.18. The highest BCUT2D eigenvalue weighted by atomic mass is 19.4. The minimum atomic E-state index is -4.64. The largest absolute Gasteiger partial charge is 0.486 e. The van der Waals surface area contributed by atoms with Crippen molar-refractivity contribution in [2.45, 2.75) is 6.18 Å². The molecule has 1 aliphatic heterocycles. The summed E-state index contributed by atoms with van der Waals surface area (Å²) >= 11 is 0. The van der Waals surface area contributed by atoms with Gasteiger partial charge in [-0.15, -0.1) is 0 Å².